The lowest BCUT2D eigenvalue weighted by atomic mass is 10.2. The van der Waals surface area contributed by atoms with Crippen LogP contribution in [-0.2, 0) is 0 Å². The van der Waals surface area contributed by atoms with E-state index in [1.165, 1.54) is 11.0 Å². The first-order valence-corrected chi connectivity index (χ1v) is 7.70. The van der Waals surface area contributed by atoms with Crippen LogP contribution >= 0.6 is 24.0 Å². The van der Waals surface area contributed by atoms with Crippen molar-refractivity contribution < 1.29 is 4.39 Å². The number of aryl methyl sites for hydroxylation is 1. The fourth-order valence-electron chi connectivity index (χ4n) is 1.68. The minimum Gasteiger partial charge on any atom is -0.332 e. The summed E-state index contributed by atoms with van der Waals surface area (Å²) < 4.78 is 13.7. The average Bonchev–Trinajstić information content (AvgIpc) is 2.43. The van der Waals surface area contributed by atoms with Crippen LogP contribution in [0.15, 0.2) is 47.4 Å². The largest absolute Gasteiger partial charge is 0.332 e. The lowest BCUT2D eigenvalue weighted by molar-refractivity contribution is 0.631. The van der Waals surface area contributed by atoms with Gasteiger partial charge in [-0.05, 0) is 67.4 Å². The second-order valence-corrected chi connectivity index (χ2v) is 5.58. The first-order valence-electron chi connectivity index (χ1n) is 6.06. The summed E-state index contributed by atoms with van der Waals surface area (Å²) in [6.45, 7) is 1.84. The Morgan fingerprint density at radius 1 is 1.10 bits per heavy atom. The molecule has 0 heterocycles. The standard InChI is InChI=1S/C15H15FN2S2/c1-10-3-8-14(13(16)9-10)18-15(19)17-11-4-6-12(20-2)7-5-11/h3-9H,1-2H3,(H2,17,18,19). The lowest BCUT2D eigenvalue weighted by Gasteiger charge is -2.11. The second kappa shape index (κ2) is 6.72. The van der Waals surface area contributed by atoms with Crippen molar-refractivity contribution in [3.8, 4) is 0 Å². The predicted octanol–water partition coefficient (Wildman–Crippen LogP) is 4.66. The van der Waals surface area contributed by atoms with Crippen LogP contribution in [0.25, 0.3) is 0 Å². The highest BCUT2D eigenvalue weighted by atomic mass is 32.2. The van der Waals surface area contributed by atoms with Gasteiger partial charge in [0.25, 0.3) is 0 Å². The predicted molar refractivity (Wildman–Crippen MR) is 89.2 cm³/mol. The number of hydrogen-bond donors (Lipinski definition) is 2. The number of thioether (sulfide) groups is 1. The van der Waals surface area contributed by atoms with Crippen LogP contribution in [0, 0.1) is 12.7 Å². The maximum Gasteiger partial charge on any atom is 0.175 e. The average molecular weight is 306 g/mol. The molecule has 0 amide bonds. The monoisotopic (exact) mass is 306 g/mol. The van der Waals surface area contributed by atoms with Gasteiger partial charge in [-0.3, -0.25) is 0 Å². The van der Waals surface area contributed by atoms with E-state index in [1.807, 2.05) is 43.5 Å². The molecule has 0 radical (unpaired) electrons. The third kappa shape index (κ3) is 3.95. The molecule has 0 aliphatic carbocycles. The topological polar surface area (TPSA) is 24.1 Å². The van der Waals surface area contributed by atoms with E-state index < -0.39 is 0 Å². The van der Waals surface area contributed by atoms with Gasteiger partial charge in [0.05, 0.1) is 5.69 Å². The third-order valence-corrected chi connectivity index (χ3v) is 3.67. The summed E-state index contributed by atoms with van der Waals surface area (Å²) in [4.78, 5) is 1.18. The Labute approximate surface area is 127 Å². The highest BCUT2D eigenvalue weighted by molar-refractivity contribution is 7.98. The molecular formula is C15H15FN2S2. The van der Waals surface area contributed by atoms with Gasteiger partial charge in [-0.15, -0.1) is 11.8 Å². The number of rotatable bonds is 3. The Hall–Kier alpha value is -1.59. The summed E-state index contributed by atoms with van der Waals surface area (Å²) in [5, 5.41) is 6.25. The maximum absolute atomic E-state index is 13.7. The van der Waals surface area contributed by atoms with E-state index in [-0.39, 0.29) is 5.82 Å². The van der Waals surface area contributed by atoms with E-state index >= 15 is 0 Å². The summed E-state index contributed by atoms with van der Waals surface area (Å²) >= 11 is 6.85. The minimum atomic E-state index is -0.313. The van der Waals surface area contributed by atoms with E-state index in [1.54, 1.807) is 17.8 Å². The Morgan fingerprint density at radius 3 is 2.40 bits per heavy atom. The van der Waals surface area contributed by atoms with Gasteiger partial charge in [0.1, 0.15) is 5.82 Å². The van der Waals surface area contributed by atoms with Crippen LogP contribution in [-0.4, -0.2) is 11.4 Å². The van der Waals surface area contributed by atoms with Crippen LogP contribution in [0.1, 0.15) is 5.56 Å². The van der Waals surface area contributed by atoms with Crippen molar-refractivity contribution in [2.75, 3.05) is 16.9 Å². The van der Waals surface area contributed by atoms with Crippen molar-refractivity contribution >= 4 is 40.5 Å². The Kier molecular flexibility index (Phi) is 4.98. The molecular weight excluding hydrogens is 291 g/mol. The van der Waals surface area contributed by atoms with Crippen LogP contribution in [0.3, 0.4) is 0 Å². The van der Waals surface area contributed by atoms with E-state index in [2.05, 4.69) is 10.6 Å². The zero-order valence-corrected chi connectivity index (χ0v) is 12.9. The number of thiocarbonyl (C=S) groups is 1. The van der Waals surface area contributed by atoms with Gasteiger partial charge >= 0.3 is 0 Å². The first kappa shape index (κ1) is 14.8. The summed E-state index contributed by atoms with van der Waals surface area (Å²) in [5.74, 6) is -0.313. The Balaban J connectivity index is 2.01. The molecule has 0 spiro atoms. The fourth-order valence-corrected chi connectivity index (χ4v) is 2.32. The molecule has 0 unspecified atom stereocenters. The van der Waals surface area contributed by atoms with E-state index in [0.29, 0.717) is 10.8 Å². The normalized spacial score (nSPS) is 10.2. The molecule has 2 N–H and O–H groups in total. The zero-order chi connectivity index (χ0) is 14.5. The van der Waals surface area contributed by atoms with Crippen molar-refractivity contribution in [2.24, 2.45) is 0 Å². The number of halogens is 1. The lowest BCUT2D eigenvalue weighted by Crippen LogP contribution is -2.19. The first-order chi connectivity index (χ1) is 9.58. The summed E-state index contributed by atoms with van der Waals surface area (Å²) in [6, 6.07) is 12.9. The van der Waals surface area contributed by atoms with Crippen molar-refractivity contribution in [3.05, 3.63) is 53.8 Å². The number of hydrogen-bond acceptors (Lipinski definition) is 2. The van der Waals surface area contributed by atoms with Gasteiger partial charge in [-0.2, -0.15) is 0 Å². The molecule has 2 aromatic carbocycles. The smallest absolute Gasteiger partial charge is 0.175 e. The summed E-state index contributed by atoms with van der Waals surface area (Å²) in [5.41, 5.74) is 2.11. The molecule has 0 aliphatic heterocycles. The summed E-state index contributed by atoms with van der Waals surface area (Å²) in [6.07, 6.45) is 2.02. The minimum absolute atomic E-state index is 0.313. The molecule has 2 nitrogen and oxygen atoms in total. The molecule has 0 fully saturated rings. The highest BCUT2D eigenvalue weighted by Gasteiger charge is 2.04. The number of anilines is 2. The SMILES string of the molecule is CSc1ccc(NC(=S)Nc2ccc(C)cc2F)cc1. The Morgan fingerprint density at radius 2 is 1.80 bits per heavy atom. The van der Waals surface area contributed by atoms with Crippen molar-refractivity contribution in [1.82, 2.24) is 0 Å². The molecule has 104 valence electrons. The molecule has 0 saturated heterocycles. The van der Waals surface area contributed by atoms with Gasteiger partial charge < -0.3 is 10.6 Å². The molecule has 2 rings (SSSR count). The third-order valence-electron chi connectivity index (χ3n) is 2.72. The van der Waals surface area contributed by atoms with Crippen LogP contribution in [0.2, 0.25) is 0 Å². The molecule has 2 aromatic rings. The van der Waals surface area contributed by atoms with E-state index in [4.69, 9.17) is 12.2 Å². The van der Waals surface area contributed by atoms with Gasteiger partial charge in [0, 0.05) is 10.6 Å². The molecule has 0 aliphatic rings. The van der Waals surface area contributed by atoms with Crippen LogP contribution in [0.4, 0.5) is 15.8 Å². The van der Waals surface area contributed by atoms with Gasteiger partial charge in [-0.25, -0.2) is 4.39 Å². The van der Waals surface area contributed by atoms with Crippen molar-refractivity contribution in [3.63, 3.8) is 0 Å². The Bertz CT molecular complexity index is 612. The fraction of sp³-hybridized carbons (Fsp3) is 0.133. The van der Waals surface area contributed by atoms with Gasteiger partial charge in [-0.1, -0.05) is 6.07 Å². The quantitative estimate of drug-likeness (QED) is 0.636. The van der Waals surface area contributed by atoms with Crippen molar-refractivity contribution in [2.45, 2.75) is 11.8 Å². The second-order valence-electron chi connectivity index (χ2n) is 4.29. The zero-order valence-electron chi connectivity index (χ0n) is 11.2. The van der Waals surface area contributed by atoms with E-state index in [9.17, 15) is 4.39 Å². The summed E-state index contributed by atoms with van der Waals surface area (Å²) in [7, 11) is 0. The number of nitrogens with one attached hydrogen (secondary N) is 2. The van der Waals surface area contributed by atoms with Gasteiger partial charge in [0.2, 0.25) is 0 Å². The molecule has 5 heteroatoms. The molecule has 20 heavy (non-hydrogen) atoms. The van der Waals surface area contributed by atoms with Crippen molar-refractivity contribution in [1.29, 1.82) is 0 Å². The van der Waals surface area contributed by atoms with Crippen LogP contribution < -0.4 is 10.6 Å². The van der Waals surface area contributed by atoms with E-state index in [0.717, 1.165) is 11.3 Å². The van der Waals surface area contributed by atoms with Crippen LogP contribution in [0.5, 0.6) is 0 Å². The molecule has 0 aromatic heterocycles. The molecule has 0 saturated carbocycles. The van der Waals surface area contributed by atoms with Gasteiger partial charge in [0.15, 0.2) is 5.11 Å². The maximum atomic E-state index is 13.7. The molecule has 0 atom stereocenters. The number of benzene rings is 2. The molecule has 0 bridgehead atoms. The highest BCUT2D eigenvalue weighted by Crippen LogP contribution is 2.19.